The Labute approximate surface area is 123 Å². The number of nitrogen functional groups attached to an aromatic ring is 1. The molecule has 0 saturated heterocycles. The van der Waals surface area contributed by atoms with Gasteiger partial charge in [0, 0.05) is 9.50 Å². The van der Waals surface area contributed by atoms with E-state index in [1.165, 1.54) is 6.20 Å². The highest BCUT2D eigenvalue weighted by molar-refractivity contribution is 9.10. The summed E-state index contributed by atoms with van der Waals surface area (Å²) in [7, 11) is 0. The Morgan fingerprint density at radius 3 is 2.72 bits per heavy atom. The van der Waals surface area contributed by atoms with Gasteiger partial charge < -0.3 is 11.1 Å². The lowest BCUT2D eigenvalue weighted by Gasteiger charge is -2.11. The van der Waals surface area contributed by atoms with Gasteiger partial charge in [-0.3, -0.25) is 0 Å². The van der Waals surface area contributed by atoms with E-state index in [2.05, 4.69) is 31.2 Å². The molecule has 18 heavy (non-hydrogen) atoms. The average Bonchev–Trinajstić information content (AvgIpc) is 2.30. The van der Waals surface area contributed by atoms with Gasteiger partial charge in [-0.1, -0.05) is 23.2 Å². The molecule has 0 aliphatic carbocycles. The van der Waals surface area contributed by atoms with Crippen molar-refractivity contribution in [2.75, 3.05) is 11.1 Å². The smallest absolute Gasteiger partial charge is 0.222 e. The van der Waals surface area contributed by atoms with Crippen LogP contribution >= 0.6 is 39.1 Å². The zero-order valence-electron chi connectivity index (χ0n) is 9.34. The minimum Gasteiger partial charge on any atom is -0.368 e. The highest BCUT2D eigenvalue weighted by atomic mass is 79.9. The van der Waals surface area contributed by atoms with Crippen LogP contribution in [-0.2, 0) is 0 Å². The number of hydrogen-bond acceptors (Lipinski definition) is 4. The Hall–Kier alpha value is -1.04. The van der Waals surface area contributed by atoms with E-state index < -0.39 is 0 Å². The van der Waals surface area contributed by atoms with Gasteiger partial charge in [-0.25, -0.2) is 4.98 Å². The second-order valence-corrected chi connectivity index (χ2v) is 5.30. The van der Waals surface area contributed by atoms with Crippen molar-refractivity contribution in [1.82, 2.24) is 9.97 Å². The van der Waals surface area contributed by atoms with Crippen LogP contribution in [0, 0.1) is 6.92 Å². The maximum absolute atomic E-state index is 6.07. The summed E-state index contributed by atoms with van der Waals surface area (Å²) in [5.41, 5.74) is 7.24. The molecule has 7 heteroatoms. The van der Waals surface area contributed by atoms with E-state index >= 15 is 0 Å². The summed E-state index contributed by atoms with van der Waals surface area (Å²) < 4.78 is 0.859. The first kappa shape index (κ1) is 13.4. The van der Waals surface area contributed by atoms with E-state index in [1.807, 2.05) is 13.0 Å². The average molecular weight is 348 g/mol. The summed E-state index contributed by atoms with van der Waals surface area (Å²) in [5, 5.41) is 4.09. The van der Waals surface area contributed by atoms with Crippen LogP contribution < -0.4 is 11.1 Å². The minimum absolute atomic E-state index is 0.149. The first-order valence-corrected chi connectivity index (χ1v) is 6.53. The first-order valence-electron chi connectivity index (χ1n) is 4.98. The normalized spacial score (nSPS) is 10.4. The quantitative estimate of drug-likeness (QED) is 0.855. The fourth-order valence-corrected chi connectivity index (χ4v) is 2.20. The summed E-state index contributed by atoms with van der Waals surface area (Å²) in [6, 6.07) is 3.69. The topological polar surface area (TPSA) is 63.8 Å². The molecular formula is C11H9BrCl2N4. The fraction of sp³-hybridized carbons (Fsp3) is 0.0909. The molecule has 0 aliphatic heterocycles. The lowest BCUT2D eigenvalue weighted by Crippen LogP contribution is -2.01. The van der Waals surface area contributed by atoms with Crippen LogP contribution in [0.4, 0.5) is 17.5 Å². The molecule has 0 atom stereocenters. The van der Waals surface area contributed by atoms with Gasteiger partial charge in [0.05, 0.1) is 11.9 Å². The molecule has 4 nitrogen and oxygen atoms in total. The molecule has 1 heterocycles. The Bertz CT molecular complexity index is 604. The molecular weight excluding hydrogens is 339 g/mol. The lowest BCUT2D eigenvalue weighted by molar-refractivity contribution is 1.18. The number of anilines is 3. The predicted molar refractivity (Wildman–Crippen MR) is 78.6 cm³/mol. The molecule has 94 valence electrons. The van der Waals surface area contributed by atoms with Gasteiger partial charge in [-0.2, -0.15) is 4.98 Å². The van der Waals surface area contributed by atoms with Gasteiger partial charge >= 0.3 is 0 Å². The third-order valence-corrected chi connectivity index (χ3v) is 3.60. The van der Waals surface area contributed by atoms with E-state index in [0.29, 0.717) is 15.9 Å². The highest BCUT2D eigenvalue weighted by Gasteiger charge is 2.08. The third kappa shape index (κ3) is 2.85. The second-order valence-electron chi connectivity index (χ2n) is 3.63. The second kappa shape index (κ2) is 5.30. The Morgan fingerprint density at radius 1 is 1.28 bits per heavy atom. The van der Waals surface area contributed by atoms with Crippen molar-refractivity contribution in [1.29, 1.82) is 0 Å². The Kier molecular flexibility index (Phi) is 3.94. The standard InChI is InChI=1S/C11H9BrCl2N4/c1-5-2-6(12)9(3-7(5)13)17-10-8(14)4-16-11(15)18-10/h2-4H,1H3,(H3,15,16,17,18). The third-order valence-electron chi connectivity index (χ3n) is 2.26. The van der Waals surface area contributed by atoms with Crippen LogP contribution in [0.25, 0.3) is 0 Å². The molecule has 3 N–H and O–H groups in total. The fourth-order valence-electron chi connectivity index (χ4n) is 1.34. The van der Waals surface area contributed by atoms with E-state index in [9.17, 15) is 0 Å². The molecule has 1 aromatic heterocycles. The molecule has 0 bridgehead atoms. The van der Waals surface area contributed by atoms with Crippen molar-refractivity contribution in [3.63, 3.8) is 0 Å². The number of benzene rings is 1. The number of nitrogens with one attached hydrogen (secondary N) is 1. The Morgan fingerprint density at radius 2 is 2.00 bits per heavy atom. The molecule has 2 rings (SSSR count). The number of rotatable bonds is 2. The van der Waals surface area contributed by atoms with Crippen molar-refractivity contribution < 1.29 is 0 Å². The number of halogens is 3. The molecule has 2 aromatic rings. The highest BCUT2D eigenvalue weighted by Crippen LogP contribution is 2.32. The van der Waals surface area contributed by atoms with Gasteiger partial charge in [0.2, 0.25) is 5.95 Å². The molecule has 0 fully saturated rings. The minimum atomic E-state index is 0.149. The maximum atomic E-state index is 6.07. The Balaban J connectivity index is 2.40. The zero-order valence-corrected chi connectivity index (χ0v) is 12.4. The van der Waals surface area contributed by atoms with Gasteiger partial charge in [0.15, 0.2) is 5.82 Å². The number of nitrogens with zero attached hydrogens (tertiary/aromatic N) is 2. The van der Waals surface area contributed by atoms with E-state index in [1.54, 1.807) is 6.07 Å². The SMILES string of the molecule is Cc1cc(Br)c(Nc2nc(N)ncc2Cl)cc1Cl. The van der Waals surface area contributed by atoms with Crippen LogP contribution in [0.15, 0.2) is 22.8 Å². The van der Waals surface area contributed by atoms with Gasteiger partial charge in [-0.05, 0) is 40.5 Å². The molecule has 1 aromatic carbocycles. The van der Waals surface area contributed by atoms with Crippen molar-refractivity contribution in [3.05, 3.63) is 38.4 Å². The lowest BCUT2D eigenvalue weighted by atomic mass is 10.2. The van der Waals surface area contributed by atoms with Gasteiger partial charge in [0.25, 0.3) is 0 Å². The molecule has 0 spiro atoms. The summed E-state index contributed by atoms with van der Waals surface area (Å²) >= 11 is 15.5. The number of hydrogen-bond donors (Lipinski definition) is 2. The molecule has 0 radical (unpaired) electrons. The molecule has 0 saturated carbocycles. The van der Waals surface area contributed by atoms with E-state index in [4.69, 9.17) is 28.9 Å². The number of aryl methyl sites for hydroxylation is 1. The maximum Gasteiger partial charge on any atom is 0.222 e. The van der Waals surface area contributed by atoms with Gasteiger partial charge in [0.1, 0.15) is 5.02 Å². The molecule has 0 aliphatic rings. The van der Waals surface area contributed by atoms with Crippen LogP contribution in [-0.4, -0.2) is 9.97 Å². The summed E-state index contributed by atoms with van der Waals surface area (Å²) in [6.07, 6.45) is 1.44. The largest absolute Gasteiger partial charge is 0.368 e. The molecule has 0 amide bonds. The van der Waals surface area contributed by atoms with Crippen molar-refractivity contribution in [2.24, 2.45) is 0 Å². The zero-order chi connectivity index (χ0) is 13.3. The van der Waals surface area contributed by atoms with E-state index in [0.717, 1.165) is 15.7 Å². The molecule has 0 unspecified atom stereocenters. The number of aromatic nitrogens is 2. The van der Waals surface area contributed by atoms with Crippen LogP contribution in [0.5, 0.6) is 0 Å². The predicted octanol–water partition coefficient (Wildman–Crippen LogP) is 4.18. The summed E-state index contributed by atoms with van der Waals surface area (Å²) in [4.78, 5) is 7.81. The van der Waals surface area contributed by atoms with Crippen molar-refractivity contribution in [3.8, 4) is 0 Å². The first-order chi connectivity index (χ1) is 8.47. The van der Waals surface area contributed by atoms with Crippen molar-refractivity contribution >= 4 is 56.6 Å². The van der Waals surface area contributed by atoms with Crippen LogP contribution in [0.2, 0.25) is 10.0 Å². The van der Waals surface area contributed by atoms with E-state index in [-0.39, 0.29) is 5.95 Å². The monoisotopic (exact) mass is 346 g/mol. The van der Waals surface area contributed by atoms with Crippen LogP contribution in [0.3, 0.4) is 0 Å². The van der Waals surface area contributed by atoms with Crippen molar-refractivity contribution in [2.45, 2.75) is 6.92 Å². The summed E-state index contributed by atoms with van der Waals surface area (Å²) in [6.45, 7) is 1.92. The van der Waals surface area contributed by atoms with Gasteiger partial charge in [-0.15, -0.1) is 0 Å². The number of nitrogens with two attached hydrogens (primary N) is 1. The van der Waals surface area contributed by atoms with Crippen LogP contribution in [0.1, 0.15) is 5.56 Å². The summed E-state index contributed by atoms with van der Waals surface area (Å²) in [5.74, 6) is 0.584.